The Hall–Kier alpha value is -3.42. The number of esters is 1. The van der Waals surface area contributed by atoms with Crippen molar-refractivity contribution in [2.75, 3.05) is 0 Å². The largest absolute Gasteiger partial charge is 0.451 e. The van der Waals surface area contributed by atoms with Crippen LogP contribution in [-0.2, 0) is 25.5 Å². The van der Waals surface area contributed by atoms with Gasteiger partial charge < -0.3 is 15.8 Å². The molecule has 0 radical (unpaired) electrons. The minimum absolute atomic E-state index is 0.0928. The van der Waals surface area contributed by atoms with Gasteiger partial charge in [-0.15, -0.1) is 0 Å². The molecule has 2 aromatic rings. The summed E-state index contributed by atoms with van der Waals surface area (Å²) < 4.78 is 5.08. The van der Waals surface area contributed by atoms with E-state index in [9.17, 15) is 19.2 Å². The van der Waals surface area contributed by atoms with Crippen LogP contribution in [0.3, 0.4) is 0 Å². The van der Waals surface area contributed by atoms with Gasteiger partial charge in [-0.05, 0) is 29.2 Å². The van der Waals surface area contributed by atoms with Gasteiger partial charge in [0, 0.05) is 0 Å². The first-order valence-corrected chi connectivity index (χ1v) is 9.25. The summed E-state index contributed by atoms with van der Waals surface area (Å²) in [5.74, 6) is -2.22. The van der Waals surface area contributed by atoms with E-state index < -0.39 is 30.1 Å². The number of primary amides is 1. The molecule has 0 aliphatic carbocycles. The number of imide groups is 1. The smallest absolute Gasteiger partial charge is 0.329 e. The summed E-state index contributed by atoms with van der Waals surface area (Å²) in [5, 5.41) is 6.50. The maximum atomic E-state index is 12.6. The summed E-state index contributed by atoms with van der Waals surface area (Å²) in [4.78, 5) is 47.5. The molecule has 0 aromatic heterocycles. The third kappa shape index (κ3) is 6.03. The number of amides is 4. The van der Waals surface area contributed by atoms with Crippen molar-refractivity contribution < 1.29 is 23.9 Å². The number of rotatable bonds is 7. The average molecular weight is 399 g/mol. The van der Waals surface area contributed by atoms with Crippen LogP contribution >= 0.6 is 0 Å². The van der Waals surface area contributed by atoms with Crippen molar-refractivity contribution in [2.24, 2.45) is 11.7 Å². The van der Waals surface area contributed by atoms with Gasteiger partial charge in [0.2, 0.25) is 5.91 Å². The Morgan fingerprint density at radius 2 is 1.66 bits per heavy atom. The third-order valence-corrected chi connectivity index (χ3v) is 4.38. The molecule has 2 aromatic carbocycles. The van der Waals surface area contributed by atoms with Crippen molar-refractivity contribution >= 4 is 34.6 Å². The molecule has 2 atom stereocenters. The molecular formula is C21H25N3O5. The van der Waals surface area contributed by atoms with Gasteiger partial charge in [-0.25, -0.2) is 9.59 Å². The van der Waals surface area contributed by atoms with Crippen LogP contribution in [0.2, 0.25) is 0 Å². The Kier molecular flexibility index (Phi) is 7.30. The molecule has 4 amide bonds. The zero-order valence-corrected chi connectivity index (χ0v) is 16.6. The first-order valence-electron chi connectivity index (χ1n) is 9.25. The van der Waals surface area contributed by atoms with E-state index >= 15 is 0 Å². The van der Waals surface area contributed by atoms with Crippen LogP contribution in [0.1, 0.15) is 26.3 Å². The van der Waals surface area contributed by atoms with Crippen molar-refractivity contribution in [3.8, 4) is 0 Å². The summed E-state index contributed by atoms with van der Waals surface area (Å²) in [6.07, 6.45) is -1.14. The zero-order chi connectivity index (χ0) is 21.6. The Bertz CT molecular complexity index is 920. The molecule has 0 bridgehead atoms. The van der Waals surface area contributed by atoms with Crippen molar-refractivity contribution in [3.63, 3.8) is 0 Å². The van der Waals surface area contributed by atoms with Gasteiger partial charge in [-0.2, -0.15) is 0 Å². The number of nitrogens with two attached hydrogens (primary N) is 1. The lowest BCUT2D eigenvalue weighted by Gasteiger charge is -2.23. The molecule has 8 heteroatoms. The summed E-state index contributed by atoms with van der Waals surface area (Å²) in [6.45, 7) is 4.81. The van der Waals surface area contributed by atoms with Crippen molar-refractivity contribution in [1.29, 1.82) is 0 Å². The number of benzene rings is 2. The van der Waals surface area contributed by atoms with Gasteiger partial charge >= 0.3 is 12.0 Å². The minimum Gasteiger partial charge on any atom is -0.451 e. The van der Waals surface area contributed by atoms with Gasteiger partial charge in [-0.3, -0.25) is 14.9 Å². The molecule has 0 unspecified atom stereocenters. The lowest BCUT2D eigenvalue weighted by atomic mass is 10.0. The molecule has 0 saturated heterocycles. The van der Waals surface area contributed by atoms with Crippen LogP contribution in [0.25, 0.3) is 10.8 Å². The van der Waals surface area contributed by atoms with E-state index in [0.717, 1.165) is 16.3 Å². The molecule has 0 spiro atoms. The fourth-order valence-electron chi connectivity index (χ4n) is 2.87. The van der Waals surface area contributed by atoms with Crippen LogP contribution in [-0.4, -0.2) is 36.0 Å². The number of nitrogens with one attached hydrogen (secondary N) is 2. The molecule has 0 fully saturated rings. The minimum atomic E-state index is -1.23. The predicted molar refractivity (Wildman–Crippen MR) is 108 cm³/mol. The fourth-order valence-corrected chi connectivity index (χ4v) is 2.87. The number of hydrogen-bond acceptors (Lipinski definition) is 5. The van der Waals surface area contributed by atoms with E-state index in [4.69, 9.17) is 10.5 Å². The molecule has 0 saturated carbocycles. The molecule has 8 nitrogen and oxygen atoms in total. The van der Waals surface area contributed by atoms with Crippen LogP contribution in [0.5, 0.6) is 0 Å². The van der Waals surface area contributed by atoms with E-state index in [1.165, 1.54) is 6.92 Å². The molecule has 4 N–H and O–H groups in total. The Morgan fingerprint density at radius 3 is 2.31 bits per heavy atom. The molecule has 2 rings (SSSR count). The maximum absolute atomic E-state index is 12.6. The van der Waals surface area contributed by atoms with E-state index in [1.54, 1.807) is 13.8 Å². The summed E-state index contributed by atoms with van der Waals surface area (Å²) in [7, 11) is 0. The number of carbonyl (C=O) groups excluding carboxylic acids is 4. The predicted octanol–water partition coefficient (Wildman–Crippen LogP) is 1.65. The van der Waals surface area contributed by atoms with Crippen LogP contribution < -0.4 is 16.4 Å². The van der Waals surface area contributed by atoms with Gasteiger partial charge in [0.05, 0.1) is 6.42 Å². The van der Waals surface area contributed by atoms with Gasteiger partial charge in [0.1, 0.15) is 6.04 Å². The summed E-state index contributed by atoms with van der Waals surface area (Å²) in [6, 6.07) is 11.4. The van der Waals surface area contributed by atoms with E-state index in [1.807, 2.05) is 47.8 Å². The third-order valence-electron chi connectivity index (χ3n) is 4.38. The van der Waals surface area contributed by atoms with Gasteiger partial charge in [-0.1, -0.05) is 56.3 Å². The van der Waals surface area contributed by atoms with Crippen molar-refractivity contribution in [2.45, 2.75) is 39.3 Å². The number of carbonyl (C=O) groups is 4. The highest BCUT2D eigenvalue weighted by Gasteiger charge is 2.29. The lowest BCUT2D eigenvalue weighted by Crippen LogP contribution is -2.49. The van der Waals surface area contributed by atoms with E-state index in [2.05, 4.69) is 5.32 Å². The number of urea groups is 1. The van der Waals surface area contributed by atoms with Gasteiger partial charge in [0.25, 0.3) is 5.91 Å². The molecule has 154 valence electrons. The molecule has 0 aliphatic heterocycles. The fraction of sp³-hybridized carbons (Fsp3) is 0.333. The topological polar surface area (TPSA) is 128 Å². The Balaban J connectivity index is 2.05. The zero-order valence-electron chi connectivity index (χ0n) is 16.6. The second kappa shape index (κ2) is 9.68. The van der Waals surface area contributed by atoms with Crippen LogP contribution in [0.15, 0.2) is 42.5 Å². The highest BCUT2D eigenvalue weighted by molar-refractivity contribution is 5.97. The lowest BCUT2D eigenvalue weighted by molar-refractivity contribution is -0.158. The molecular weight excluding hydrogens is 374 g/mol. The number of hydrogen-bond donors (Lipinski definition) is 3. The monoisotopic (exact) mass is 399 g/mol. The number of fused-ring (bicyclic) bond motifs is 1. The Morgan fingerprint density at radius 1 is 1.00 bits per heavy atom. The quantitative estimate of drug-likeness (QED) is 0.610. The van der Waals surface area contributed by atoms with Crippen molar-refractivity contribution in [3.05, 3.63) is 48.0 Å². The normalized spacial score (nSPS) is 12.8. The Labute approximate surface area is 168 Å². The van der Waals surface area contributed by atoms with Gasteiger partial charge in [0.15, 0.2) is 6.10 Å². The first kappa shape index (κ1) is 21.9. The standard InChI is InChI=1S/C21H25N3O5/c1-12(2)18(20(27)29-13(3)19(26)24-21(22)28)23-17(25)11-15-9-6-8-14-7-4-5-10-16(14)15/h4-10,12-13,18H,11H2,1-3H3,(H,23,25)(H3,22,24,26,28)/t13-,18+/m1/s1. The van der Waals surface area contributed by atoms with E-state index in [-0.39, 0.29) is 18.2 Å². The van der Waals surface area contributed by atoms with Crippen molar-refractivity contribution in [1.82, 2.24) is 10.6 Å². The highest BCUT2D eigenvalue weighted by atomic mass is 16.5. The average Bonchev–Trinajstić information content (AvgIpc) is 2.65. The molecule has 0 aliphatic rings. The summed E-state index contributed by atoms with van der Waals surface area (Å²) >= 11 is 0. The van der Waals surface area contributed by atoms with Crippen LogP contribution in [0.4, 0.5) is 4.79 Å². The summed E-state index contributed by atoms with van der Waals surface area (Å²) in [5.41, 5.74) is 5.72. The SMILES string of the molecule is CC(C)[C@H](NC(=O)Cc1cccc2ccccc12)C(=O)O[C@H](C)C(=O)NC(N)=O. The second-order valence-corrected chi connectivity index (χ2v) is 7.04. The highest BCUT2D eigenvalue weighted by Crippen LogP contribution is 2.19. The number of ether oxygens (including phenoxy) is 1. The molecule has 29 heavy (non-hydrogen) atoms. The maximum Gasteiger partial charge on any atom is 0.329 e. The van der Waals surface area contributed by atoms with E-state index in [0.29, 0.717) is 0 Å². The molecule has 0 heterocycles. The van der Waals surface area contributed by atoms with Crippen LogP contribution in [0, 0.1) is 5.92 Å². The second-order valence-electron chi connectivity index (χ2n) is 7.04. The first-order chi connectivity index (χ1) is 13.7.